The van der Waals surface area contributed by atoms with Crippen molar-refractivity contribution in [2.24, 2.45) is 0 Å². The van der Waals surface area contributed by atoms with E-state index < -0.39 is 12.6 Å². The Morgan fingerprint density at radius 1 is 1.41 bits per heavy atom. The standard InChI is InChI=1S/C15H22F2N2O3/c1-10-5-6-13(22-14(16)17)12(8-10)9-18-15(21)19-11(2)4-3-7-20/h5-6,8,11,14,20H,3-4,7,9H2,1-2H3,(H2,18,19,21). The van der Waals surface area contributed by atoms with Gasteiger partial charge in [0.25, 0.3) is 0 Å². The Morgan fingerprint density at radius 2 is 2.14 bits per heavy atom. The van der Waals surface area contributed by atoms with Gasteiger partial charge in [-0.3, -0.25) is 0 Å². The van der Waals surface area contributed by atoms with Gasteiger partial charge in [0.15, 0.2) is 0 Å². The molecule has 1 unspecified atom stereocenters. The molecule has 0 bridgehead atoms. The van der Waals surface area contributed by atoms with Gasteiger partial charge in [-0.15, -0.1) is 0 Å². The summed E-state index contributed by atoms with van der Waals surface area (Å²) in [4.78, 5) is 11.7. The van der Waals surface area contributed by atoms with Gasteiger partial charge in [-0.25, -0.2) is 4.79 Å². The van der Waals surface area contributed by atoms with Crippen molar-refractivity contribution in [2.75, 3.05) is 6.61 Å². The SMILES string of the molecule is Cc1ccc(OC(F)F)c(CNC(=O)NC(C)CCCO)c1. The van der Waals surface area contributed by atoms with Gasteiger partial charge in [-0.05, 0) is 32.8 Å². The highest BCUT2D eigenvalue weighted by Gasteiger charge is 2.12. The number of benzene rings is 1. The number of hydrogen-bond donors (Lipinski definition) is 3. The number of nitrogens with one attached hydrogen (secondary N) is 2. The summed E-state index contributed by atoms with van der Waals surface area (Å²) in [6.45, 7) is 0.904. The molecule has 5 nitrogen and oxygen atoms in total. The quantitative estimate of drug-likeness (QED) is 0.690. The molecule has 0 radical (unpaired) electrons. The van der Waals surface area contributed by atoms with Gasteiger partial charge in [-0.2, -0.15) is 8.78 Å². The van der Waals surface area contributed by atoms with Gasteiger partial charge in [0.1, 0.15) is 5.75 Å². The fraction of sp³-hybridized carbons (Fsp3) is 0.533. The zero-order valence-electron chi connectivity index (χ0n) is 12.7. The van der Waals surface area contributed by atoms with Crippen molar-refractivity contribution in [3.63, 3.8) is 0 Å². The lowest BCUT2D eigenvalue weighted by atomic mass is 10.1. The van der Waals surface area contributed by atoms with Gasteiger partial charge in [0, 0.05) is 24.8 Å². The second-order valence-corrected chi connectivity index (χ2v) is 5.08. The van der Waals surface area contributed by atoms with Crippen molar-refractivity contribution in [2.45, 2.75) is 45.9 Å². The molecule has 0 heterocycles. The Hall–Kier alpha value is -1.89. The predicted molar refractivity (Wildman–Crippen MR) is 79.0 cm³/mol. The number of amides is 2. The molecule has 0 aliphatic heterocycles. The molecule has 2 amide bonds. The Morgan fingerprint density at radius 3 is 2.77 bits per heavy atom. The summed E-state index contributed by atoms with van der Waals surface area (Å²) in [7, 11) is 0. The van der Waals surface area contributed by atoms with Crippen LogP contribution in [0.15, 0.2) is 18.2 Å². The molecule has 0 saturated carbocycles. The Labute approximate surface area is 128 Å². The first-order valence-electron chi connectivity index (χ1n) is 7.12. The van der Waals surface area contributed by atoms with E-state index in [0.29, 0.717) is 18.4 Å². The minimum absolute atomic E-state index is 0.0502. The number of aliphatic hydroxyl groups excluding tert-OH is 1. The fourth-order valence-corrected chi connectivity index (χ4v) is 1.98. The van der Waals surface area contributed by atoms with E-state index in [1.807, 2.05) is 13.8 Å². The number of alkyl halides is 2. The van der Waals surface area contributed by atoms with E-state index in [9.17, 15) is 13.6 Å². The first-order chi connectivity index (χ1) is 10.4. The Kier molecular flexibility index (Phi) is 7.59. The van der Waals surface area contributed by atoms with Crippen LogP contribution in [-0.2, 0) is 6.54 Å². The third kappa shape index (κ3) is 6.71. The van der Waals surface area contributed by atoms with E-state index in [2.05, 4.69) is 15.4 Å². The van der Waals surface area contributed by atoms with E-state index >= 15 is 0 Å². The van der Waals surface area contributed by atoms with Crippen molar-refractivity contribution >= 4 is 6.03 Å². The molecule has 7 heteroatoms. The lowest BCUT2D eigenvalue weighted by Gasteiger charge is -2.15. The first-order valence-corrected chi connectivity index (χ1v) is 7.12. The average molecular weight is 316 g/mol. The lowest BCUT2D eigenvalue weighted by Crippen LogP contribution is -2.40. The van der Waals surface area contributed by atoms with E-state index in [0.717, 1.165) is 5.56 Å². The lowest BCUT2D eigenvalue weighted by molar-refractivity contribution is -0.0504. The van der Waals surface area contributed by atoms with Crippen LogP contribution in [-0.4, -0.2) is 30.4 Å². The number of carbonyl (C=O) groups is 1. The van der Waals surface area contributed by atoms with Crippen molar-refractivity contribution in [3.05, 3.63) is 29.3 Å². The zero-order chi connectivity index (χ0) is 16.5. The summed E-state index contributed by atoms with van der Waals surface area (Å²) in [5.74, 6) is 0.0502. The molecule has 1 atom stereocenters. The van der Waals surface area contributed by atoms with Crippen LogP contribution < -0.4 is 15.4 Å². The van der Waals surface area contributed by atoms with E-state index in [1.165, 1.54) is 6.07 Å². The number of ether oxygens (including phenoxy) is 1. The third-order valence-electron chi connectivity index (χ3n) is 3.04. The maximum absolute atomic E-state index is 12.3. The molecule has 1 aromatic rings. The summed E-state index contributed by atoms with van der Waals surface area (Å²) in [5, 5.41) is 14.0. The van der Waals surface area contributed by atoms with Crippen LogP contribution in [0, 0.1) is 6.92 Å². The van der Waals surface area contributed by atoms with Gasteiger partial charge in [-0.1, -0.05) is 17.7 Å². The van der Waals surface area contributed by atoms with Crippen molar-refractivity contribution in [3.8, 4) is 5.75 Å². The van der Waals surface area contributed by atoms with Crippen LogP contribution in [0.1, 0.15) is 30.9 Å². The third-order valence-corrected chi connectivity index (χ3v) is 3.04. The smallest absolute Gasteiger partial charge is 0.387 e. The molecule has 0 aromatic heterocycles. The number of hydrogen-bond acceptors (Lipinski definition) is 3. The monoisotopic (exact) mass is 316 g/mol. The summed E-state index contributed by atoms with van der Waals surface area (Å²) in [6, 6.07) is 4.34. The molecule has 3 N–H and O–H groups in total. The fourth-order valence-electron chi connectivity index (χ4n) is 1.98. The largest absolute Gasteiger partial charge is 0.434 e. The number of aryl methyl sites for hydroxylation is 1. The molecule has 0 aliphatic rings. The highest BCUT2D eigenvalue weighted by molar-refractivity contribution is 5.74. The van der Waals surface area contributed by atoms with E-state index in [4.69, 9.17) is 5.11 Å². The van der Waals surface area contributed by atoms with Crippen LogP contribution in [0.25, 0.3) is 0 Å². The molecule has 0 fully saturated rings. The van der Waals surface area contributed by atoms with Crippen LogP contribution in [0.5, 0.6) is 5.75 Å². The number of urea groups is 1. The zero-order valence-corrected chi connectivity index (χ0v) is 12.7. The van der Waals surface area contributed by atoms with E-state index in [-0.39, 0.29) is 24.9 Å². The molecule has 22 heavy (non-hydrogen) atoms. The molecule has 0 spiro atoms. The molecule has 0 saturated heterocycles. The van der Waals surface area contributed by atoms with Crippen LogP contribution in [0.2, 0.25) is 0 Å². The minimum atomic E-state index is -2.91. The maximum Gasteiger partial charge on any atom is 0.387 e. The highest BCUT2D eigenvalue weighted by atomic mass is 19.3. The number of carbonyl (C=O) groups excluding carboxylic acids is 1. The van der Waals surface area contributed by atoms with Gasteiger partial charge in [0.05, 0.1) is 0 Å². The summed E-state index contributed by atoms with van der Waals surface area (Å²) in [5.41, 5.74) is 1.37. The molecule has 124 valence electrons. The topological polar surface area (TPSA) is 70.6 Å². The minimum Gasteiger partial charge on any atom is -0.434 e. The number of rotatable bonds is 8. The molecule has 1 rings (SSSR count). The average Bonchev–Trinajstić information content (AvgIpc) is 2.45. The molecule has 0 aliphatic carbocycles. The molecular formula is C15H22F2N2O3. The Balaban J connectivity index is 2.55. The summed E-state index contributed by atoms with van der Waals surface area (Å²) >= 11 is 0. The number of aliphatic hydroxyl groups is 1. The number of halogens is 2. The normalized spacial score (nSPS) is 12.1. The Bertz CT molecular complexity index is 484. The van der Waals surface area contributed by atoms with Gasteiger partial charge < -0.3 is 20.5 Å². The maximum atomic E-state index is 12.3. The van der Waals surface area contributed by atoms with Gasteiger partial charge >= 0.3 is 12.6 Å². The van der Waals surface area contributed by atoms with Crippen LogP contribution in [0.4, 0.5) is 13.6 Å². The summed E-state index contributed by atoms with van der Waals surface area (Å²) in [6.07, 6.45) is 1.26. The second-order valence-electron chi connectivity index (χ2n) is 5.08. The summed E-state index contributed by atoms with van der Waals surface area (Å²) < 4.78 is 29.1. The predicted octanol–water partition coefficient (Wildman–Crippen LogP) is 2.56. The van der Waals surface area contributed by atoms with Crippen LogP contribution >= 0.6 is 0 Å². The van der Waals surface area contributed by atoms with Crippen LogP contribution in [0.3, 0.4) is 0 Å². The van der Waals surface area contributed by atoms with E-state index in [1.54, 1.807) is 12.1 Å². The van der Waals surface area contributed by atoms with Gasteiger partial charge in [0.2, 0.25) is 0 Å². The molecule has 1 aromatic carbocycles. The molecular weight excluding hydrogens is 294 g/mol. The first kappa shape index (κ1) is 18.2. The highest BCUT2D eigenvalue weighted by Crippen LogP contribution is 2.21. The second kappa shape index (κ2) is 9.19. The van der Waals surface area contributed by atoms with Crippen molar-refractivity contribution in [1.82, 2.24) is 10.6 Å². The van der Waals surface area contributed by atoms with Crippen molar-refractivity contribution < 1.29 is 23.4 Å². The van der Waals surface area contributed by atoms with Crippen molar-refractivity contribution in [1.29, 1.82) is 0 Å².